The number of amides is 3. The Hall–Kier alpha value is -3.20. The first-order chi connectivity index (χ1) is 19.8. The third kappa shape index (κ3) is 7.36. The molecule has 41 heavy (non-hydrogen) atoms. The van der Waals surface area contributed by atoms with E-state index < -0.39 is 25.5 Å². The Balaban J connectivity index is 1.55. The molecule has 0 aromatic heterocycles. The standard InChI is InChI=1S/C30H39N2O8P/c1-4-38-41(36,39-5-2)18-10-17-31-28(33)20-25(32-29(34)23-13-8-9-14-24(23)30(32)35)21-15-16-26(37-3)27(19-21)40-22-11-6-7-12-22/h8-9,13-16,19,22,25H,4-7,10-12,17-18,20H2,1-3H3,(H,31,33). The molecule has 1 aliphatic carbocycles. The highest BCUT2D eigenvalue weighted by Crippen LogP contribution is 2.48. The lowest BCUT2D eigenvalue weighted by Crippen LogP contribution is -2.38. The molecule has 1 N–H and O–H groups in total. The van der Waals surface area contributed by atoms with Gasteiger partial charge >= 0.3 is 7.60 Å². The van der Waals surface area contributed by atoms with Gasteiger partial charge in [0, 0.05) is 6.54 Å². The number of rotatable bonds is 15. The largest absolute Gasteiger partial charge is 0.493 e. The Morgan fingerprint density at radius 2 is 1.63 bits per heavy atom. The van der Waals surface area contributed by atoms with Gasteiger partial charge in [0.05, 0.1) is 56.2 Å². The Morgan fingerprint density at radius 3 is 2.22 bits per heavy atom. The molecule has 4 rings (SSSR count). The van der Waals surface area contributed by atoms with Crippen molar-refractivity contribution >= 4 is 25.3 Å². The molecule has 10 nitrogen and oxygen atoms in total. The maximum absolute atomic E-state index is 13.4. The number of benzene rings is 2. The third-order valence-electron chi connectivity index (χ3n) is 7.27. The highest BCUT2D eigenvalue weighted by Gasteiger charge is 2.41. The molecule has 3 amide bonds. The first-order valence-corrected chi connectivity index (χ1v) is 16.0. The second-order valence-corrected chi connectivity index (χ2v) is 12.2. The zero-order valence-electron chi connectivity index (χ0n) is 23.9. The van der Waals surface area contributed by atoms with Crippen molar-refractivity contribution in [3.8, 4) is 11.5 Å². The normalized spacial score (nSPS) is 16.1. The van der Waals surface area contributed by atoms with E-state index in [1.807, 2.05) is 0 Å². The Bertz CT molecular complexity index is 1250. The average molecular weight is 587 g/mol. The molecule has 1 atom stereocenters. The van der Waals surface area contributed by atoms with Crippen LogP contribution in [0.1, 0.15) is 84.7 Å². The summed E-state index contributed by atoms with van der Waals surface area (Å²) in [6, 6.07) is 11.0. The number of carbonyl (C=O) groups excluding carboxylic acids is 3. The maximum atomic E-state index is 13.4. The van der Waals surface area contributed by atoms with Crippen LogP contribution in [0.2, 0.25) is 0 Å². The summed E-state index contributed by atoms with van der Waals surface area (Å²) in [4.78, 5) is 41.2. The van der Waals surface area contributed by atoms with Gasteiger partial charge < -0.3 is 23.8 Å². The van der Waals surface area contributed by atoms with Crippen molar-refractivity contribution in [3.05, 3.63) is 59.2 Å². The zero-order valence-corrected chi connectivity index (χ0v) is 24.8. The van der Waals surface area contributed by atoms with E-state index in [-0.39, 0.29) is 44.4 Å². The lowest BCUT2D eigenvalue weighted by Gasteiger charge is -2.27. The molecule has 2 aromatic rings. The molecule has 0 radical (unpaired) electrons. The van der Waals surface area contributed by atoms with Crippen molar-refractivity contribution in [2.24, 2.45) is 0 Å². The molecule has 2 aromatic carbocycles. The molecule has 1 saturated carbocycles. The Kier molecular flexibility index (Phi) is 10.6. The van der Waals surface area contributed by atoms with E-state index >= 15 is 0 Å². The quantitative estimate of drug-likeness (QED) is 0.165. The van der Waals surface area contributed by atoms with Gasteiger partial charge in [-0.2, -0.15) is 0 Å². The van der Waals surface area contributed by atoms with Gasteiger partial charge in [-0.25, -0.2) is 0 Å². The Labute approximate surface area is 241 Å². The van der Waals surface area contributed by atoms with Gasteiger partial charge in [-0.15, -0.1) is 0 Å². The van der Waals surface area contributed by atoms with Gasteiger partial charge in [-0.1, -0.05) is 18.2 Å². The first kappa shape index (κ1) is 30.8. The van der Waals surface area contributed by atoms with Crippen molar-refractivity contribution in [2.75, 3.05) is 33.0 Å². The van der Waals surface area contributed by atoms with Crippen LogP contribution in [-0.4, -0.2) is 61.8 Å². The Morgan fingerprint density at radius 1 is 1.00 bits per heavy atom. The second-order valence-electron chi connectivity index (χ2n) is 10.1. The van der Waals surface area contributed by atoms with Crippen molar-refractivity contribution in [1.29, 1.82) is 0 Å². The molecular formula is C30H39N2O8P. The summed E-state index contributed by atoms with van der Waals surface area (Å²) in [6.07, 6.45) is 4.51. The molecule has 1 heterocycles. The van der Waals surface area contributed by atoms with Crippen molar-refractivity contribution in [2.45, 2.75) is 64.5 Å². The highest BCUT2D eigenvalue weighted by molar-refractivity contribution is 7.53. The molecule has 2 aliphatic rings. The van der Waals surface area contributed by atoms with Crippen LogP contribution < -0.4 is 14.8 Å². The lowest BCUT2D eigenvalue weighted by atomic mass is 10.0. The number of fused-ring (bicyclic) bond motifs is 1. The van der Waals surface area contributed by atoms with E-state index in [9.17, 15) is 18.9 Å². The summed E-state index contributed by atoms with van der Waals surface area (Å²) in [5, 5.41) is 2.83. The predicted octanol–water partition coefficient (Wildman–Crippen LogP) is 5.52. The maximum Gasteiger partial charge on any atom is 0.330 e. The molecule has 0 bridgehead atoms. The lowest BCUT2D eigenvalue weighted by molar-refractivity contribution is -0.121. The molecule has 222 valence electrons. The molecule has 1 fully saturated rings. The van der Waals surface area contributed by atoms with Gasteiger partial charge in [0.2, 0.25) is 5.91 Å². The number of nitrogens with one attached hydrogen (secondary N) is 1. The number of carbonyl (C=O) groups is 3. The van der Waals surface area contributed by atoms with Crippen LogP contribution in [0, 0.1) is 0 Å². The summed E-state index contributed by atoms with van der Waals surface area (Å²) in [6.45, 7) is 4.25. The van der Waals surface area contributed by atoms with Crippen LogP contribution in [0.5, 0.6) is 11.5 Å². The molecule has 11 heteroatoms. The van der Waals surface area contributed by atoms with E-state index in [0.717, 1.165) is 30.6 Å². The molecule has 1 aliphatic heterocycles. The van der Waals surface area contributed by atoms with E-state index in [1.165, 1.54) is 0 Å². The second kappa shape index (κ2) is 14.1. The van der Waals surface area contributed by atoms with Gasteiger partial charge in [0.15, 0.2) is 11.5 Å². The van der Waals surface area contributed by atoms with Crippen molar-refractivity contribution < 1.29 is 37.5 Å². The summed E-state index contributed by atoms with van der Waals surface area (Å²) >= 11 is 0. The van der Waals surface area contributed by atoms with Crippen molar-refractivity contribution in [3.63, 3.8) is 0 Å². The SMILES string of the molecule is CCOP(=O)(CCCNC(=O)CC(c1ccc(OC)c(OC2CCCC2)c1)N1C(=O)c2ccccc2C1=O)OCC. The van der Waals surface area contributed by atoms with E-state index in [1.54, 1.807) is 63.4 Å². The van der Waals surface area contributed by atoms with E-state index in [4.69, 9.17) is 18.5 Å². The zero-order chi connectivity index (χ0) is 29.4. The van der Waals surface area contributed by atoms with Crippen LogP contribution in [0.15, 0.2) is 42.5 Å². The van der Waals surface area contributed by atoms with Gasteiger partial charge in [-0.3, -0.25) is 23.8 Å². The highest BCUT2D eigenvalue weighted by atomic mass is 31.2. The average Bonchev–Trinajstić information content (AvgIpc) is 3.56. The fourth-order valence-corrected chi connectivity index (χ4v) is 7.00. The molecular weight excluding hydrogens is 547 g/mol. The number of ether oxygens (including phenoxy) is 2. The monoisotopic (exact) mass is 586 g/mol. The van der Waals surface area contributed by atoms with E-state index in [0.29, 0.717) is 34.6 Å². The van der Waals surface area contributed by atoms with Gasteiger partial charge in [0.1, 0.15) is 0 Å². The molecule has 0 saturated heterocycles. The van der Waals surface area contributed by atoms with Gasteiger partial charge in [-0.05, 0) is 75.8 Å². The smallest absolute Gasteiger partial charge is 0.330 e. The number of nitrogens with zero attached hydrogens (tertiary/aromatic N) is 1. The number of hydrogen-bond acceptors (Lipinski definition) is 8. The minimum absolute atomic E-state index is 0.0598. The van der Waals surface area contributed by atoms with Gasteiger partial charge in [0.25, 0.3) is 11.8 Å². The van der Waals surface area contributed by atoms with Crippen LogP contribution in [-0.2, 0) is 18.4 Å². The van der Waals surface area contributed by atoms with Crippen LogP contribution in [0.4, 0.5) is 0 Å². The number of hydrogen-bond donors (Lipinski definition) is 1. The minimum atomic E-state index is -3.22. The molecule has 0 spiro atoms. The topological polar surface area (TPSA) is 120 Å². The van der Waals surface area contributed by atoms with Crippen molar-refractivity contribution in [1.82, 2.24) is 10.2 Å². The van der Waals surface area contributed by atoms with Crippen LogP contribution in [0.25, 0.3) is 0 Å². The van der Waals surface area contributed by atoms with Crippen LogP contribution >= 0.6 is 7.60 Å². The fourth-order valence-electron chi connectivity index (χ4n) is 5.34. The minimum Gasteiger partial charge on any atom is -0.493 e. The third-order valence-corrected chi connectivity index (χ3v) is 9.43. The fraction of sp³-hybridized carbons (Fsp3) is 0.500. The number of methoxy groups -OCH3 is 1. The summed E-state index contributed by atoms with van der Waals surface area (Å²) in [5.74, 6) is -0.206. The molecule has 1 unspecified atom stereocenters. The predicted molar refractivity (Wildman–Crippen MR) is 154 cm³/mol. The summed E-state index contributed by atoms with van der Waals surface area (Å²) < 4.78 is 35.1. The summed E-state index contributed by atoms with van der Waals surface area (Å²) in [5.41, 5.74) is 1.20. The summed E-state index contributed by atoms with van der Waals surface area (Å²) in [7, 11) is -1.67. The number of imide groups is 1. The van der Waals surface area contributed by atoms with E-state index in [2.05, 4.69) is 5.32 Å². The van der Waals surface area contributed by atoms with Crippen LogP contribution in [0.3, 0.4) is 0 Å². The first-order valence-electron chi connectivity index (χ1n) is 14.3.